The molecule has 1 aromatic heterocycles. The summed E-state index contributed by atoms with van der Waals surface area (Å²) < 4.78 is 0. The van der Waals surface area contributed by atoms with Crippen molar-refractivity contribution in [2.45, 2.75) is 58.2 Å². The van der Waals surface area contributed by atoms with E-state index < -0.39 is 0 Å². The lowest BCUT2D eigenvalue weighted by atomic mass is 10.1. The smallest absolute Gasteiger partial charge is 0.0544 e. The average molecular weight is 261 g/mol. The zero-order chi connectivity index (χ0) is 13.5. The fourth-order valence-corrected chi connectivity index (χ4v) is 2.45. The Kier molecular flexibility index (Phi) is 5.80. The number of nitrogens with one attached hydrogen (secondary N) is 1. The Labute approximate surface area is 117 Å². The van der Waals surface area contributed by atoms with Gasteiger partial charge in [0.05, 0.1) is 5.69 Å². The molecule has 19 heavy (non-hydrogen) atoms. The second-order valence-corrected chi connectivity index (χ2v) is 5.60. The maximum absolute atomic E-state index is 4.42. The summed E-state index contributed by atoms with van der Waals surface area (Å²) >= 11 is 0. The van der Waals surface area contributed by atoms with Gasteiger partial charge in [-0.3, -0.25) is 9.88 Å². The van der Waals surface area contributed by atoms with E-state index in [0.29, 0.717) is 6.04 Å². The van der Waals surface area contributed by atoms with Gasteiger partial charge in [-0.2, -0.15) is 0 Å². The van der Waals surface area contributed by atoms with Crippen molar-refractivity contribution in [3.05, 3.63) is 30.1 Å². The lowest BCUT2D eigenvalue weighted by Gasteiger charge is -2.27. The number of hydrogen-bond acceptors (Lipinski definition) is 3. The second-order valence-electron chi connectivity index (χ2n) is 5.60. The molecule has 0 radical (unpaired) electrons. The van der Waals surface area contributed by atoms with Crippen molar-refractivity contribution in [2.75, 3.05) is 13.1 Å². The molecule has 1 saturated carbocycles. The Hall–Kier alpha value is -0.930. The zero-order valence-electron chi connectivity index (χ0n) is 12.3. The summed E-state index contributed by atoms with van der Waals surface area (Å²) in [6.45, 7) is 7.81. The van der Waals surface area contributed by atoms with E-state index in [1.807, 2.05) is 12.3 Å². The number of nitrogens with zero attached hydrogens (tertiary/aromatic N) is 2. The largest absolute Gasteiger partial charge is 0.314 e. The molecule has 1 heterocycles. The van der Waals surface area contributed by atoms with Crippen molar-refractivity contribution < 1.29 is 0 Å². The topological polar surface area (TPSA) is 28.2 Å². The molecular formula is C16H27N3. The van der Waals surface area contributed by atoms with Crippen LogP contribution in [0.1, 0.15) is 45.2 Å². The fraction of sp³-hybridized carbons (Fsp3) is 0.688. The van der Waals surface area contributed by atoms with E-state index >= 15 is 0 Å². The molecule has 0 aromatic carbocycles. The van der Waals surface area contributed by atoms with Gasteiger partial charge in [-0.05, 0) is 57.8 Å². The first-order chi connectivity index (χ1) is 9.29. The number of pyridine rings is 1. The van der Waals surface area contributed by atoms with E-state index in [2.05, 4.69) is 41.2 Å². The normalized spacial score (nSPS) is 16.8. The Morgan fingerprint density at radius 2 is 2.26 bits per heavy atom. The Balaban J connectivity index is 1.69. The van der Waals surface area contributed by atoms with Crippen molar-refractivity contribution in [3.63, 3.8) is 0 Å². The maximum atomic E-state index is 4.42. The summed E-state index contributed by atoms with van der Waals surface area (Å²) in [4.78, 5) is 6.94. The molecule has 1 fully saturated rings. The monoisotopic (exact) mass is 261 g/mol. The van der Waals surface area contributed by atoms with Gasteiger partial charge in [-0.25, -0.2) is 0 Å². The van der Waals surface area contributed by atoms with Gasteiger partial charge in [0.2, 0.25) is 0 Å². The highest BCUT2D eigenvalue weighted by atomic mass is 15.1. The van der Waals surface area contributed by atoms with Crippen LogP contribution in [0.5, 0.6) is 0 Å². The van der Waals surface area contributed by atoms with Gasteiger partial charge in [0.25, 0.3) is 0 Å². The van der Waals surface area contributed by atoms with Gasteiger partial charge in [-0.15, -0.1) is 0 Å². The molecule has 1 N–H and O–H groups in total. The Morgan fingerprint density at radius 3 is 2.89 bits per heavy atom. The lowest BCUT2D eigenvalue weighted by molar-refractivity contribution is 0.196. The van der Waals surface area contributed by atoms with Gasteiger partial charge >= 0.3 is 0 Å². The van der Waals surface area contributed by atoms with E-state index in [4.69, 9.17) is 0 Å². The van der Waals surface area contributed by atoms with E-state index in [1.54, 1.807) is 0 Å². The minimum atomic E-state index is 0.632. The van der Waals surface area contributed by atoms with E-state index in [0.717, 1.165) is 19.1 Å². The van der Waals surface area contributed by atoms with Crippen LogP contribution >= 0.6 is 0 Å². The van der Waals surface area contributed by atoms with Crippen LogP contribution in [-0.4, -0.2) is 35.1 Å². The van der Waals surface area contributed by atoms with Crippen LogP contribution < -0.4 is 5.32 Å². The SMILES string of the molecule is CCN(Cc1ccccn1)C(C)CCCNC1CC1. The van der Waals surface area contributed by atoms with E-state index in [-0.39, 0.29) is 0 Å². The first-order valence-electron chi connectivity index (χ1n) is 7.67. The van der Waals surface area contributed by atoms with Crippen LogP contribution in [0.25, 0.3) is 0 Å². The lowest BCUT2D eigenvalue weighted by Crippen LogP contribution is -2.33. The minimum Gasteiger partial charge on any atom is -0.314 e. The average Bonchev–Trinajstić information content (AvgIpc) is 3.26. The maximum Gasteiger partial charge on any atom is 0.0544 e. The third kappa shape index (κ3) is 5.29. The molecule has 0 aliphatic heterocycles. The Bertz CT molecular complexity index is 348. The van der Waals surface area contributed by atoms with E-state index in [1.165, 1.54) is 37.9 Å². The summed E-state index contributed by atoms with van der Waals surface area (Å²) in [5.74, 6) is 0. The molecule has 1 unspecified atom stereocenters. The molecule has 3 heteroatoms. The summed E-state index contributed by atoms with van der Waals surface area (Å²) in [6, 6.07) is 7.64. The summed E-state index contributed by atoms with van der Waals surface area (Å²) in [5.41, 5.74) is 1.17. The second kappa shape index (κ2) is 7.61. The molecule has 2 rings (SSSR count). The van der Waals surface area contributed by atoms with Crippen molar-refractivity contribution >= 4 is 0 Å². The number of rotatable bonds is 9. The summed E-state index contributed by atoms with van der Waals surface area (Å²) in [7, 11) is 0. The van der Waals surface area contributed by atoms with Crippen LogP contribution in [-0.2, 0) is 6.54 Å². The van der Waals surface area contributed by atoms with Gasteiger partial charge in [0.1, 0.15) is 0 Å². The van der Waals surface area contributed by atoms with Gasteiger partial charge < -0.3 is 5.32 Å². The molecule has 0 bridgehead atoms. The molecule has 1 aliphatic carbocycles. The van der Waals surface area contributed by atoms with Gasteiger partial charge in [0, 0.05) is 24.8 Å². The Morgan fingerprint density at radius 1 is 1.42 bits per heavy atom. The van der Waals surface area contributed by atoms with Crippen molar-refractivity contribution in [1.29, 1.82) is 0 Å². The predicted octanol–water partition coefficient (Wildman–Crippen LogP) is 2.82. The molecule has 106 valence electrons. The minimum absolute atomic E-state index is 0.632. The molecule has 3 nitrogen and oxygen atoms in total. The first kappa shape index (κ1) is 14.5. The molecule has 0 saturated heterocycles. The third-order valence-electron chi connectivity index (χ3n) is 3.93. The van der Waals surface area contributed by atoms with E-state index in [9.17, 15) is 0 Å². The van der Waals surface area contributed by atoms with Gasteiger partial charge in [0.15, 0.2) is 0 Å². The van der Waals surface area contributed by atoms with Gasteiger partial charge in [-0.1, -0.05) is 13.0 Å². The van der Waals surface area contributed by atoms with Crippen molar-refractivity contribution in [3.8, 4) is 0 Å². The quantitative estimate of drug-likeness (QED) is 0.693. The molecule has 0 amide bonds. The van der Waals surface area contributed by atoms with Crippen LogP contribution in [0.4, 0.5) is 0 Å². The number of aromatic nitrogens is 1. The molecule has 0 spiro atoms. The predicted molar refractivity (Wildman–Crippen MR) is 80.0 cm³/mol. The first-order valence-corrected chi connectivity index (χ1v) is 7.67. The molecule has 1 aromatic rings. The van der Waals surface area contributed by atoms with Crippen LogP contribution in [0.15, 0.2) is 24.4 Å². The summed E-state index contributed by atoms with van der Waals surface area (Å²) in [6.07, 6.45) is 7.19. The van der Waals surface area contributed by atoms with Crippen molar-refractivity contribution in [1.82, 2.24) is 15.2 Å². The summed E-state index contributed by atoms with van der Waals surface area (Å²) in [5, 5.41) is 3.59. The molecule has 1 atom stereocenters. The van der Waals surface area contributed by atoms with Crippen molar-refractivity contribution in [2.24, 2.45) is 0 Å². The standard InChI is InChI=1S/C16H27N3/c1-3-19(13-16-8-4-5-11-18-16)14(2)7-6-12-17-15-9-10-15/h4-5,8,11,14-15,17H,3,6-7,9-10,12-13H2,1-2H3. The highest BCUT2D eigenvalue weighted by molar-refractivity contribution is 5.03. The van der Waals surface area contributed by atoms with Crippen LogP contribution in [0.3, 0.4) is 0 Å². The third-order valence-corrected chi connectivity index (χ3v) is 3.93. The van der Waals surface area contributed by atoms with Crippen LogP contribution in [0, 0.1) is 0 Å². The highest BCUT2D eigenvalue weighted by Crippen LogP contribution is 2.18. The number of hydrogen-bond donors (Lipinski definition) is 1. The highest BCUT2D eigenvalue weighted by Gasteiger charge is 2.20. The molecular weight excluding hydrogens is 234 g/mol. The zero-order valence-corrected chi connectivity index (χ0v) is 12.3. The molecule has 1 aliphatic rings. The van der Waals surface area contributed by atoms with Crippen LogP contribution in [0.2, 0.25) is 0 Å². The fourth-order valence-electron chi connectivity index (χ4n) is 2.45.